The summed E-state index contributed by atoms with van der Waals surface area (Å²) in [5, 5.41) is 2.92. The van der Waals surface area contributed by atoms with E-state index in [1.165, 1.54) is 4.90 Å². The molecule has 2 heterocycles. The van der Waals surface area contributed by atoms with Crippen molar-refractivity contribution >= 4 is 28.3 Å². The van der Waals surface area contributed by atoms with E-state index in [0.29, 0.717) is 24.4 Å². The van der Waals surface area contributed by atoms with E-state index in [0.717, 1.165) is 19.0 Å². The molecule has 1 aromatic rings. The number of hydrogen-bond donors (Lipinski definition) is 1. The van der Waals surface area contributed by atoms with Crippen LogP contribution in [0.15, 0.2) is 6.20 Å². The minimum Gasteiger partial charge on any atom is -0.345 e. The summed E-state index contributed by atoms with van der Waals surface area (Å²) < 4.78 is 37.8. The summed E-state index contributed by atoms with van der Waals surface area (Å²) >= 11 is 0.586. The first-order chi connectivity index (χ1) is 10.8. The fourth-order valence-corrected chi connectivity index (χ4v) is 3.10. The molecule has 23 heavy (non-hydrogen) atoms. The molecule has 0 bridgehead atoms. The highest BCUT2D eigenvalue weighted by atomic mass is 32.1. The largest absolute Gasteiger partial charge is 0.427 e. The number of carbonyl (C=O) groups is 2. The maximum atomic E-state index is 12.6. The number of thiazole rings is 1. The number of halogens is 3. The van der Waals surface area contributed by atoms with Crippen LogP contribution in [0.3, 0.4) is 0 Å². The van der Waals surface area contributed by atoms with Crippen molar-refractivity contribution in [3.8, 4) is 0 Å². The lowest BCUT2D eigenvalue weighted by Gasteiger charge is -2.34. The Morgan fingerprint density at radius 1 is 1.22 bits per heavy atom. The van der Waals surface area contributed by atoms with Gasteiger partial charge in [0.25, 0.3) is 0 Å². The zero-order valence-electron chi connectivity index (χ0n) is 12.1. The van der Waals surface area contributed by atoms with Gasteiger partial charge in [-0.2, -0.15) is 13.2 Å². The normalized spacial score (nSPS) is 18.9. The van der Waals surface area contributed by atoms with Crippen LogP contribution < -0.4 is 10.2 Å². The molecule has 0 atom stereocenters. The summed E-state index contributed by atoms with van der Waals surface area (Å²) in [5.74, 6) is -1.18. The Morgan fingerprint density at radius 2 is 1.87 bits per heavy atom. The lowest BCUT2D eigenvalue weighted by atomic mass is 10.3. The van der Waals surface area contributed by atoms with Crippen molar-refractivity contribution in [2.75, 3.05) is 31.1 Å². The monoisotopic (exact) mass is 348 g/mol. The van der Waals surface area contributed by atoms with Crippen molar-refractivity contribution in [3.63, 3.8) is 0 Å². The number of hydrogen-bond acceptors (Lipinski definition) is 5. The molecule has 2 aliphatic rings. The maximum absolute atomic E-state index is 12.6. The van der Waals surface area contributed by atoms with Crippen LogP contribution in [-0.4, -0.2) is 53.9 Å². The van der Waals surface area contributed by atoms with E-state index in [1.807, 2.05) is 0 Å². The first-order valence-corrected chi connectivity index (χ1v) is 8.04. The third-order valence-corrected chi connectivity index (χ3v) is 4.82. The van der Waals surface area contributed by atoms with Gasteiger partial charge in [-0.3, -0.25) is 9.59 Å². The van der Waals surface area contributed by atoms with Crippen LogP contribution in [0.25, 0.3) is 0 Å². The fourth-order valence-electron chi connectivity index (χ4n) is 2.26. The van der Waals surface area contributed by atoms with Gasteiger partial charge >= 0.3 is 18.0 Å². The van der Waals surface area contributed by atoms with E-state index in [9.17, 15) is 22.8 Å². The number of anilines is 1. The standard InChI is InChI=1S/C13H15F3N4O2S/c14-13(15,16)9-7-17-12(23-9)20-5-3-19(4-6-20)11(22)10(21)18-8-1-2-8/h7-8H,1-6H2,(H,18,21). The highest BCUT2D eigenvalue weighted by Gasteiger charge is 2.35. The third kappa shape index (κ3) is 3.74. The summed E-state index contributed by atoms with van der Waals surface area (Å²) in [5.41, 5.74) is 0. The van der Waals surface area contributed by atoms with Gasteiger partial charge < -0.3 is 15.1 Å². The van der Waals surface area contributed by atoms with Gasteiger partial charge in [0.2, 0.25) is 0 Å². The highest BCUT2D eigenvalue weighted by molar-refractivity contribution is 7.15. The molecule has 1 saturated heterocycles. The topological polar surface area (TPSA) is 65.5 Å². The van der Waals surface area contributed by atoms with Crippen molar-refractivity contribution in [1.29, 1.82) is 0 Å². The quantitative estimate of drug-likeness (QED) is 0.813. The van der Waals surface area contributed by atoms with E-state index < -0.39 is 22.9 Å². The van der Waals surface area contributed by atoms with Gasteiger partial charge in [-0.1, -0.05) is 11.3 Å². The molecule has 1 aliphatic heterocycles. The lowest BCUT2D eigenvalue weighted by Crippen LogP contribution is -2.53. The number of carbonyl (C=O) groups excluding carboxylic acids is 2. The summed E-state index contributed by atoms with van der Waals surface area (Å²) in [6.45, 7) is 1.29. The highest BCUT2D eigenvalue weighted by Crippen LogP contribution is 2.36. The van der Waals surface area contributed by atoms with Gasteiger partial charge in [0.05, 0.1) is 6.20 Å². The molecule has 1 aliphatic carbocycles. The Morgan fingerprint density at radius 3 is 2.39 bits per heavy atom. The fraction of sp³-hybridized carbons (Fsp3) is 0.615. The second-order valence-corrected chi connectivity index (χ2v) is 6.54. The van der Waals surface area contributed by atoms with Gasteiger partial charge in [0.1, 0.15) is 4.88 Å². The first kappa shape index (κ1) is 16.0. The minimum atomic E-state index is -4.39. The lowest BCUT2D eigenvalue weighted by molar-refractivity contribution is -0.146. The molecule has 2 amide bonds. The van der Waals surface area contributed by atoms with E-state index in [1.54, 1.807) is 4.90 Å². The number of nitrogens with zero attached hydrogens (tertiary/aromatic N) is 3. The molecule has 10 heteroatoms. The first-order valence-electron chi connectivity index (χ1n) is 7.22. The van der Waals surface area contributed by atoms with Gasteiger partial charge in [0, 0.05) is 32.2 Å². The minimum absolute atomic E-state index is 0.115. The van der Waals surface area contributed by atoms with E-state index in [4.69, 9.17) is 0 Å². The molecule has 0 radical (unpaired) electrons. The van der Waals surface area contributed by atoms with Crippen LogP contribution in [0.4, 0.5) is 18.3 Å². The van der Waals surface area contributed by atoms with Gasteiger partial charge in [-0.15, -0.1) is 0 Å². The number of amides is 2. The molecule has 1 N–H and O–H groups in total. The Bertz CT molecular complexity index is 607. The number of aromatic nitrogens is 1. The molecule has 0 spiro atoms. The van der Waals surface area contributed by atoms with Crippen LogP contribution in [0.5, 0.6) is 0 Å². The molecule has 2 fully saturated rings. The molecule has 1 saturated carbocycles. The molecule has 126 valence electrons. The molecule has 0 unspecified atom stereocenters. The Hall–Kier alpha value is -1.84. The van der Waals surface area contributed by atoms with Crippen LogP contribution in [0.2, 0.25) is 0 Å². The van der Waals surface area contributed by atoms with Crippen LogP contribution >= 0.6 is 11.3 Å². The summed E-state index contributed by atoms with van der Waals surface area (Å²) in [7, 11) is 0. The summed E-state index contributed by atoms with van der Waals surface area (Å²) in [6.07, 6.45) is -1.77. The van der Waals surface area contributed by atoms with Crippen molar-refractivity contribution in [3.05, 3.63) is 11.1 Å². The third-order valence-electron chi connectivity index (χ3n) is 3.72. The zero-order valence-corrected chi connectivity index (χ0v) is 12.9. The number of nitrogens with one attached hydrogen (secondary N) is 1. The molecular formula is C13H15F3N4O2S. The van der Waals surface area contributed by atoms with Crippen molar-refractivity contribution < 1.29 is 22.8 Å². The van der Waals surface area contributed by atoms with Crippen LogP contribution in [0, 0.1) is 0 Å². The number of alkyl halides is 3. The molecular weight excluding hydrogens is 333 g/mol. The average Bonchev–Trinajstić information content (AvgIpc) is 3.17. The Kier molecular flexibility index (Phi) is 4.17. The summed E-state index contributed by atoms with van der Waals surface area (Å²) in [4.78, 5) is 29.9. The predicted octanol–water partition coefficient (Wildman–Crippen LogP) is 1.09. The maximum Gasteiger partial charge on any atom is 0.427 e. The molecule has 1 aromatic heterocycles. The van der Waals surface area contributed by atoms with Gasteiger partial charge in [-0.05, 0) is 12.8 Å². The van der Waals surface area contributed by atoms with E-state index >= 15 is 0 Å². The van der Waals surface area contributed by atoms with Crippen LogP contribution in [0.1, 0.15) is 17.7 Å². The predicted molar refractivity (Wildman–Crippen MR) is 77.1 cm³/mol. The van der Waals surface area contributed by atoms with Crippen LogP contribution in [-0.2, 0) is 15.8 Å². The van der Waals surface area contributed by atoms with Gasteiger partial charge in [0.15, 0.2) is 5.13 Å². The number of piperazine rings is 1. The van der Waals surface area contributed by atoms with E-state index in [-0.39, 0.29) is 24.3 Å². The molecule has 3 rings (SSSR count). The van der Waals surface area contributed by atoms with Crippen molar-refractivity contribution in [2.24, 2.45) is 0 Å². The number of rotatable bonds is 2. The zero-order chi connectivity index (χ0) is 16.6. The molecule has 0 aromatic carbocycles. The Balaban J connectivity index is 1.54. The van der Waals surface area contributed by atoms with Gasteiger partial charge in [-0.25, -0.2) is 4.98 Å². The van der Waals surface area contributed by atoms with E-state index in [2.05, 4.69) is 10.3 Å². The second kappa shape index (κ2) is 5.99. The SMILES string of the molecule is O=C(NC1CC1)C(=O)N1CCN(c2ncc(C(F)(F)F)s2)CC1. The van der Waals surface area contributed by atoms with Crippen molar-refractivity contribution in [2.45, 2.75) is 25.1 Å². The average molecular weight is 348 g/mol. The Labute approximate surface area is 134 Å². The molecule has 6 nitrogen and oxygen atoms in total. The smallest absolute Gasteiger partial charge is 0.345 e. The second-order valence-electron chi connectivity index (χ2n) is 5.53. The summed E-state index contributed by atoms with van der Waals surface area (Å²) in [6, 6.07) is 0.115. The van der Waals surface area contributed by atoms with Crippen molar-refractivity contribution in [1.82, 2.24) is 15.2 Å².